The SMILES string of the molecule is O=C(N/N=C/c1ccc(F)cc1)NSc1ccc(Cl)cc1. The highest BCUT2D eigenvalue weighted by Crippen LogP contribution is 2.17. The van der Waals surface area contributed by atoms with Crippen molar-refractivity contribution in [2.24, 2.45) is 5.10 Å². The van der Waals surface area contributed by atoms with E-state index in [-0.39, 0.29) is 5.82 Å². The number of hydrazone groups is 1. The summed E-state index contributed by atoms with van der Waals surface area (Å²) in [6.45, 7) is 0. The topological polar surface area (TPSA) is 53.5 Å². The van der Waals surface area contributed by atoms with Gasteiger partial charge < -0.3 is 0 Å². The molecule has 2 rings (SSSR count). The highest BCUT2D eigenvalue weighted by atomic mass is 35.5. The lowest BCUT2D eigenvalue weighted by Gasteiger charge is -2.03. The molecule has 0 saturated heterocycles. The molecule has 2 aromatic carbocycles. The minimum Gasteiger partial charge on any atom is -0.276 e. The lowest BCUT2D eigenvalue weighted by atomic mass is 10.2. The molecular formula is C14H11ClFN3OS. The molecule has 21 heavy (non-hydrogen) atoms. The second kappa shape index (κ2) is 7.66. The predicted molar refractivity (Wildman–Crippen MR) is 83.0 cm³/mol. The predicted octanol–water partition coefficient (Wildman–Crippen LogP) is 3.82. The molecule has 2 amide bonds. The van der Waals surface area contributed by atoms with Gasteiger partial charge in [0.05, 0.1) is 6.21 Å². The van der Waals surface area contributed by atoms with Gasteiger partial charge in [-0.25, -0.2) is 14.6 Å². The van der Waals surface area contributed by atoms with Gasteiger partial charge in [0.2, 0.25) is 0 Å². The molecule has 108 valence electrons. The van der Waals surface area contributed by atoms with Crippen molar-refractivity contribution in [1.29, 1.82) is 0 Å². The van der Waals surface area contributed by atoms with E-state index in [2.05, 4.69) is 15.2 Å². The van der Waals surface area contributed by atoms with Crippen molar-refractivity contribution in [2.45, 2.75) is 4.90 Å². The number of benzene rings is 2. The molecule has 0 atom stereocenters. The Labute approximate surface area is 130 Å². The summed E-state index contributed by atoms with van der Waals surface area (Å²) >= 11 is 6.90. The van der Waals surface area contributed by atoms with Crippen molar-refractivity contribution in [2.75, 3.05) is 0 Å². The van der Waals surface area contributed by atoms with Crippen LogP contribution in [0.5, 0.6) is 0 Å². The Balaban J connectivity index is 1.77. The van der Waals surface area contributed by atoms with Gasteiger partial charge in [-0.05, 0) is 53.9 Å². The molecular weight excluding hydrogens is 313 g/mol. The average Bonchev–Trinajstić information content (AvgIpc) is 2.49. The van der Waals surface area contributed by atoms with E-state index < -0.39 is 6.03 Å². The highest BCUT2D eigenvalue weighted by Gasteiger charge is 1.99. The zero-order chi connectivity index (χ0) is 15.1. The Morgan fingerprint density at radius 1 is 1.14 bits per heavy atom. The van der Waals surface area contributed by atoms with Gasteiger partial charge in [-0.2, -0.15) is 5.10 Å². The summed E-state index contributed by atoms with van der Waals surface area (Å²) in [7, 11) is 0. The van der Waals surface area contributed by atoms with Crippen molar-refractivity contribution in [3.05, 3.63) is 64.9 Å². The fourth-order valence-corrected chi connectivity index (χ4v) is 2.00. The molecule has 0 aromatic heterocycles. The Hall–Kier alpha value is -2.05. The number of rotatable bonds is 4. The van der Waals surface area contributed by atoms with Crippen molar-refractivity contribution in [3.63, 3.8) is 0 Å². The molecule has 0 heterocycles. The maximum absolute atomic E-state index is 12.7. The van der Waals surface area contributed by atoms with E-state index >= 15 is 0 Å². The maximum atomic E-state index is 12.7. The first-order chi connectivity index (χ1) is 10.1. The van der Waals surface area contributed by atoms with Crippen molar-refractivity contribution >= 4 is 35.8 Å². The van der Waals surface area contributed by atoms with Crippen LogP contribution in [0.2, 0.25) is 5.02 Å². The number of nitrogens with one attached hydrogen (secondary N) is 2. The largest absolute Gasteiger partial charge is 0.345 e. The third-order valence-corrected chi connectivity index (χ3v) is 3.37. The summed E-state index contributed by atoms with van der Waals surface area (Å²) in [4.78, 5) is 12.3. The van der Waals surface area contributed by atoms with Crippen LogP contribution in [0.1, 0.15) is 5.56 Å². The smallest absolute Gasteiger partial charge is 0.276 e. The van der Waals surface area contributed by atoms with Gasteiger partial charge in [-0.15, -0.1) is 0 Å². The highest BCUT2D eigenvalue weighted by molar-refractivity contribution is 7.98. The van der Waals surface area contributed by atoms with Gasteiger partial charge in [0.25, 0.3) is 0 Å². The minimum absolute atomic E-state index is 0.322. The fraction of sp³-hybridized carbons (Fsp3) is 0. The van der Waals surface area contributed by atoms with Gasteiger partial charge in [0.1, 0.15) is 5.82 Å². The standard InChI is InChI=1S/C14H11ClFN3OS/c15-11-3-7-13(8-4-11)21-19-14(20)18-17-9-10-1-5-12(16)6-2-10/h1-9H,(H2,18,19,20)/b17-9+. The second-order valence-electron chi connectivity index (χ2n) is 3.91. The Morgan fingerprint density at radius 3 is 2.48 bits per heavy atom. The van der Waals surface area contributed by atoms with Crippen LogP contribution >= 0.6 is 23.5 Å². The molecule has 2 N–H and O–H groups in total. The van der Waals surface area contributed by atoms with Gasteiger partial charge in [-0.3, -0.25) is 4.72 Å². The monoisotopic (exact) mass is 323 g/mol. The Morgan fingerprint density at radius 2 is 1.81 bits per heavy atom. The number of urea groups is 1. The molecule has 4 nitrogen and oxygen atoms in total. The van der Waals surface area contributed by atoms with Crippen LogP contribution in [-0.4, -0.2) is 12.2 Å². The summed E-state index contributed by atoms with van der Waals surface area (Å²) in [5.74, 6) is -0.322. The molecule has 0 radical (unpaired) electrons. The van der Waals surface area contributed by atoms with Crippen LogP contribution in [0.3, 0.4) is 0 Å². The van der Waals surface area contributed by atoms with Gasteiger partial charge in [0, 0.05) is 9.92 Å². The zero-order valence-electron chi connectivity index (χ0n) is 10.7. The molecule has 0 bridgehead atoms. The maximum Gasteiger partial charge on any atom is 0.345 e. The van der Waals surface area contributed by atoms with Crippen LogP contribution in [-0.2, 0) is 0 Å². The third-order valence-electron chi connectivity index (χ3n) is 2.32. The number of amides is 2. The first-order valence-corrected chi connectivity index (χ1v) is 7.10. The van der Waals surface area contributed by atoms with Gasteiger partial charge >= 0.3 is 6.03 Å². The van der Waals surface area contributed by atoms with E-state index in [4.69, 9.17) is 11.6 Å². The number of nitrogens with zero attached hydrogens (tertiary/aromatic N) is 1. The van der Waals surface area contributed by atoms with Crippen molar-refractivity contribution < 1.29 is 9.18 Å². The number of hydrogen-bond donors (Lipinski definition) is 2. The normalized spacial score (nSPS) is 10.6. The Kier molecular flexibility index (Phi) is 5.59. The summed E-state index contributed by atoms with van der Waals surface area (Å²) < 4.78 is 15.3. The number of carbonyl (C=O) groups is 1. The van der Waals surface area contributed by atoms with E-state index in [0.717, 1.165) is 16.8 Å². The van der Waals surface area contributed by atoms with E-state index in [9.17, 15) is 9.18 Å². The van der Waals surface area contributed by atoms with Gasteiger partial charge in [0.15, 0.2) is 0 Å². The molecule has 2 aromatic rings. The minimum atomic E-state index is -0.465. The summed E-state index contributed by atoms with van der Waals surface area (Å²) in [6.07, 6.45) is 1.42. The van der Waals surface area contributed by atoms with E-state index in [1.54, 1.807) is 36.4 Å². The number of halogens is 2. The van der Waals surface area contributed by atoms with Gasteiger partial charge in [-0.1, -0.05) is 23.7 Å². The fourth-order valence-electron chi connectivity index (χ4n) is 1.35. The summed E-state index contributed by atoms with van der Waals surface area (Å²) in [5, 5.41) is 4.39. The second-order valence-corrected chi connectivity index (χ2v) is 5.22. The third kappa shape index (κ3) is 5.45. The van der Waals surface area contributed by atoms with Crippen LogP contribution < -0.4 is 10.1 Å². The molecule has 0 spiro atoms. The van der Waals surface area contributed by atoms with Crippen LogP contribution in [0, 0.1) is 5.82 Å². The average molecular weight is 324 g/mol. The van der Waals surface area contributed by atoms with E-state index in [1.807, 2.05) is 0 Å². The lowest BCUT2D eigenvalue weighted by molar-refractivity contribution is 0.247. The quantitative estimate of drug-likeness (QED) is 0.510. The van der Waals surface area contributed by atoms with E-state index in [0.29, 0.717) is 10.6 Å². The van der Waals surface area contributed by atoms with Crippen LogP contribution in [0.15, 0.2) is 58.5 Å². The Bertz CT molecular complexity index is 632. The van der Waals surface area contributed by atoms with Crippen LogP contribution in [0.25, 0.3) is 0 Å². The first kappa shape index (κ1) is 15.3. The number of hydrogen-bond acceptors (Lipinski definition) is 3. The molecule has 0 aliphatic rings. The number of carbonyl (C=O) groups excluding carboxylic acids is 1. The molecule has 0 aliphatic heterocycles. The van der Waals surface area contributed by atoms with Crippen LogP contribution in [0.4, 0.5) is 9.18 Å². The molecule has 0 unspecified atom stereocenters. The zero-order valence-corrected chi connectivity index (χ0v) is 12.3. The lowest BCUT2D eigenvalue weighted by Crippen LogP contribution is -2.27. The van der Waals surface area contributed by atoms with E-state index in [1.165, 1.54) is 18.3 Å². The molecule has 0 aliphatic carbocycles. The molecule has 7 heteroatoms. The molecule has 0 saturated carbocycles. The first-order valence-electron chi connectivity index (χ1n) is 5.90. The molecule has 0 fully saturated rings. The summed E-state index contributed by atoms with van der Waals surface area (Å²) in [6, 6.07) is 12.3. The van der Waals surface area contributed by atoms with Crippen molar-refractivity contribution in [1.82, 2.24) is 10.1 Å². The summed E-state index contributed by atoms with van der Waals surface area (Å²) in [5.41, 5.74) is 2.99. The van der Waals surface area contributed by atoms with Crippen molar-refractivity contribution in [3.8, 4) is 0 Å².